The molecule has 1 saturated carbocycles. The van der Waals surface area contributed by atoms with Crippen LogP contribution in [0.3, 0.4) is 0 Å². The molecule has 0 saturated heterocycles. The highest BCUT2D eigenvalue weighted by molar-refractivity contribution is 6.44. The van der Waals surface area contributed by atoms with E-state index >= 15 is 0 Å². The molecule has 1 fully saturated rings. The summed E-state index contributed by atoms with van der Waals surface area (Å²) >= 11 is 0. The van der Waals surface area contributed by atoms with Crippen LogP contribution in [0.2, 0.25) is 5.82 Å². The first kappa shape index (κ1) is 28.0. The van der Waals surface area contributed by atoms with Crippen molar-refractivity contribution in [2.75, 3.05) is 0 Å². The van der Waals surface area contributed by atoms with E-state index in [0.717, 1.165) is 24.7 Å². The molecular weight excluding hydrogens is 439 g/mol. The minimum atomic E-state index is -1.21. The van der Waals surface area contributed by atoms with Crippen LogP contribution >= 0.6 is 0 Å². The third-order valence-electron chi connectivity index (χ3n) is 10.5. The van der Waals surface area contributed by atoms with E-state index in [4.69, 9.17) is 0 Å². The first-order chi connectivity index (χ1) is 17.5. The van der Waals surface area contributed by atoms with Crippen LogP contribution in [0.25, 0.3) is 0 Å². The van der Waals surface area contributed by atoms with E-state index < -0.39 is 7.12 Å². The van der Waals surface area contributed by atoms with Crippen LogP contribution < -0.4 is 0 Å². The molecule has 0 heterocycles. The highest BCUT2D eigenvalue weighted by Gasteiger charge is 2.56. The van der Waals surface area contributed by atoms with Crippen molar-refractivity contribution in [1.29, 1.82) is 0 Å². The van der Waals surface area contributed by atoms with Crippen LogP contribution in [-0.2, 0) is 0 Å². The lowest BCUT2D eigenvalue weighted by Gasteiger charge is -2.46. The quantitative estimate of drug-likeness (QED) is 0.172. The molecule has 0 aliphatic heterocycles. The SMILES string of the molecule is C/C=C\CCCCC1C(CCCC)=CC(C2C=CCCC2)C2C3CCC(B(O)O)C(C)=C3C(CC)C12. The summed E-state index contributed by atoms with van der Waals surface area (Å²) in [7, 11) is -1.21. The summed E-state index contributed by atoms with van der Waals surface area (Å²) in [5.74, 6) is 4.73. The number of unbranched alkanes of at least 4 members (excludes halogenated alkanes) is 3. The summed E-state index contributed by atoms with van der Waals surface area (Å²) in [6.07, 6.45) is 28.6. The molecule has 4 aliphatic rings. The summed E-state index contributed by atoms with van der Waals surface area (Å²) in [6.45, 7) is 9.13. The van der Waals surface area contributed by atoms with Crippen molar-refractivity contribution in [2.24, 2.45) is 41.4 Å². The largest absolute Gasteiger partial charge is 0.459 e. The maximum atomic E-state index is 10.2. The lowest BCUT2D eigenvalue weighted by atomic mass is 9.57. The average molecular weight is 493 g/mol. The van der Waals surface area contributed by atoms with Gasteiger partial charge >= 0.3 is 7.12 Å². The summed E-state index contributed by atoms with van der Waals surface area (Å²) in [5.41, 5.74) is 4.79. The Balaban J connectivity index is 1.75. The average Bonchev–Trinajstić information content (AvgIpc) is 3.23. The fraction of sp³-hybridized carbons (Fsp3) is 0.758. The second-order valence-corrected chi connectivity index (χ2v) is 12.4. The third kappa shape index (κ3) is 5.68. The number of rotatable bonds is 11. The molecule has 0 radical (unpaired) electrons. The molecule has 0 aromatic heterocycles. The van der Waals surface area contributed by atoms with Gasteiger partial charge < -0.3 is 10.0 Å². The summed E-state index contributed by atoms with van der Waals surface area (Å²) < 4.78 is 0. The molecule has 0 aromatic carbocycles. The first-order valence-corrected chi connectivity index (χ1v) is 15.6. The molecule has 4 rings (SSSR count). The van der Waals surface area contributed by atoms with Crippen LogP contribution in [0.5, 0.6) is 0 Å². The molecule has 0 aromatic rings. The number of allylic oxidation sites excluding steroid dienone is 8. The Morgan fingerprint density at radius 3 is 2.53 bits per heavy atom. The zero-order valence-corrected chi connectivity index (χ0v) is 23.7. The summed E-state index contributed by atoms with van der Waals surface area (Å²) in [4.78, 5) is 0. The number of hydrogen-bond donors (Lipinski definition) is 2. The van der Waals surface area contributed by atoms with Gasteiger partial charge in [-0.15, -0.1) is 0 Å². The van der Waals surface area contributed by atoms with Gasteiger partial charge in [-0.1, -0.05) is 73.8 Å². The van der Waals surface area contributed by atoms with Crippen LogP contribution in [0.1, 0.15) is 111 Å². The normalized spacial score (nSPS) is 36.2. The van der Waals surface area contributed by atoms with E-state index in [1.165, 1.54) is 76.2 Å². The molecular formula is C33H53BO2. The highest BCUT2D eigenvalue weighted by Crippen LogP contribution is 2.64. The molecule has 0 spiro atoms. The molecule has 0 bridgehead atoms. The Morgan fingerprint density at radius 1 is 1.03 bits per heavy atom. The third-order valence-corrected chi connectivity index (χ3v) is 10.5. The van der Waals surface area contributed by atoms with Crippen molar-refractivity contribution in [2.45, 2.75) is 117 Å². The molecule has 8 unspecified atom stereocenters. The van der Waals surface area contributed by atoms with Crippen molar-refractivity contribution in [3.8, 4) is 0 Å². The second-order valence-electron chi connectivity index (χ2n) is 12.4. The lowest BCUT2D eigenvalue weighted by Crippen LogP contribution is -2.39. The van der Waals surface area contributed by atoms with Crippen molar-refractivity contribution in [1.82, 2.24) is 0 Å². The topological polar surface area (TPSA) is 40.5 Å². The van der Waals surface area contributed by atoms with E-state index in [9.17, 15) is 10.0 Å². The molecule has 2 nitrogen and oxygen atoms in total. The Morgan fingerprint density at radius 2 is 1.86 bits per heavy atom. The number of hydrogen-bond acceptors (Lipinski definition) is 2. The smallest absolute Gasteiger partial charge is 0.427 e. The molecule has 200 valence electrons. The summed E-state index contributed by atoms with van der Waals surface area (Å²) in [6, 6.07) is 0. The van der Waals surface area contributed by atoms with Crippen LogP contribution in [0, 0.1) is 41.4 Å². The van der Waals surface area contributed by atoms with Crippen LogP contribution in [0.4, 0.5) is 0 Å². The molecule has 36 heavy (non-hydrogen) atoms. The van der Waals surface area contributed by atoms with Crippen molar-refractivity contribution in [3.05, 3.63) is 47.1 Å². The predicted molar refractivity (Wildman–Crippen MR) is 154 cm³/mol. The van der Waals surface area contributed by atoms with Crippen LogP contribution in [-0.4, -0.2) is 17.2 Å². The van der Waals surface area contributed by atoms with Crippen molar-refractivity contribution >= 4 is 7.12 Å². The summed E-state index contributed by atoms with van der Waals surface area (Å²) in [5, 5.41) is 20.4. The van der Waals surface area contributed by atoms with E-state index in [0.29, 0.717) is 29.6 Å². The number of fused-ring (bicyclic) bond motifs is 3. The molecule has 3 heteroatoms. The molecule has 2 N–H and O–H groups in total. The van der Waals surface area contributed by atoms with E-state index in [1.54, 1.807) is 11.1 Å². The standard InChI is InChI=1S/C33H53BO2/c1-5-8-10-11-15-19-27-25(16-9-6-2)22-29(24-17-13-12-14-18-24)33-28-20-21-30(34(35)36)23(4)31(28)26(7-3)32(27)33/h5,8,13,17,22,24,26-30,32-33,35-36H,6-7,9-12,14-16,18-21H2,1-4H3/b8-5-. The zero-order valence-electron chi connectivity index (χ0n) is 23.7. The van der Waals surface area contributed by atoms with Gasteiger partial charge in [0.15, 0.2) is 0 Å². The minimum Gasteiger partial charge on any atom is -0.427 e. The van der Waals surface area contributed by atoms with Gasteiger partial charge in [0, 0.05) is 5.82 Å². The van der Waals surface area contributed by atoms with Crippen molar-refractivity contribution in [3.63, 3.8) is 0 Å². The van der Waals surface area contributed by atoms with Gasteiger partial charge in [0.1, 0.15) is 0 Å². The fourth-order valence-electron chi connectivity index (χ4n) is 9.01. The Kier molecular flexibility index (Phi) is 10.2. The Hall–Kier alpha value is -1.06. The maximum Gasteiger partial charge on any atom is 0.459 e. The lowest BCUT2D eigenvalue weighted by molar-refractivity contribution is 0.109. The van der Waals surface area contributed by atoms with E-state index in [1.807, 2.05) is 0 Å². The fourth-order valence-corrected chi connectivity index (χ4v) is 9.01. The van der Waals surface area contributed by atoms with Gasteiger partial charge in [0.25, 0.3) is 0 Å². The Labute approximate surface area is 222 Å². The van der Waals surface area contributed by atoms with Gasteiger partial charge in [0.2, 0.25) is 0 Å². The van der Waals surface area contributed by atoms with Gasteiger partial charge in [-0.05, 0) is 126 Å². The van der Waals surface area contributed by atoms with Gasteiger partial charge in [-0.2, -0.15) is 0 Å². The predicted octanol–water partition coefficient (Wildman–Crippen LogP) is 8.68. The Bertz CT molecular complexity index is 837. The monoisotopic (exact) mass is 492 g/mol. The van der Waals surface area contributed by atoms with Crippen molar-refractivity contribution < 1.29 is 10.0 Å². The second kappa shape index (κ2) is 13.1. The highest BCUT2D eigenvalue weighted by atomic mass is 16.4. The van der Waals surface area contributed by atoms with Gasteiger partial charge in [-0.25, -0.2) is 0 Å². The van der Waals surface area contributed by atoms with Crippen LogP contribution in [0.15, 0.2) is 47.1 Å². The molecule has 4 aliphatic carbocycles. The van der Waals surface area contributed by atoms with Gasteiger partial charge in [-0.3, -0.25) is 0 Å². The maximum absolute atomic E-state index is 10.2. The first-order valence-electron chi connectivity index (χ1n) is 15.6. The molecule has 8 atom stereocenters. The zero-order chi connectivity index (χ0) is 25.7. The molecule has 0 amide bonds. The minimum absolute atomic E-state index is 0.0646. The van der Waals surface area contributed by atoms with Gasteiger partial charge in [0.05, 0.1) is 0 Å². The van der Waals surface area contributed by atoms with E-state index in [2.05, 4.69) is 58.1 Å². The van der Waals surface area contributed by atoms with E-state index in [-0.39, 0.29) is 5.82 Å².